The summed E-state index contributed by atoms with van der Waals surface area (Å²) in [5.74, 6) is -0.705. The molecule has 1 heterocycles. The summed E-state index contributed by atoms with van der Waals surface area (Å²) in [5, 5.41) is 2.90. The summed E-state index contributed by atoms with van der Waals surface area (Å²) in [6.45, 7) is -0.464. The first-order chi connectivity index (χ1) is 15.2. The number of carbonyl (C=O) groups excluding carboxylic acids is 2. The van der Waals surface area contributed by atoms with Gasteiger partial charge in [0.25, 0.3) is 12.3 Å². The highest BCUT2D eigenvalue weighted by Crippen LogP contribution is 2.68. The van der Waals surface area contributed by atoms with E-state index in [1.165, 1.54) is 24.4 Å². The maximum Gasteiger partial charge on any atom is 0.280 e. The number of benzene rings is 1. The van der Waals surface area contributed by atoms with E-state index in [-0.39, 0.29) is 52.4 Å². The Labute approximate surface area is 187 Å². The molecule has 1 N–H and O–H groups in total. The molecule has 32 heavy (non-hydrogen) atoms. The van der Waals surface area contributed by atoms with Crippen molar-refractivity contribution < 1.29 is 32.2 Å². The lowest BCUT2D eigenvalue weighted by Crippen LogP contribution is -2.75. The van der Waals surface area contributed by atoms with Crippen molar-refractivity contribution in [3.63, 3.8) is 0 Å². The quantitative estimate of drug-likeness (QED) is 0.563. The summed E-state index contributed by atoms with van der Waals surface area (Å²) in [7, 11) is 0. The lowest BCUT2D eigenvalue weighted by molar-refractivity contribution is -0.173. The van der Waals surface area contributed by atoms with E-state index in [4.69, 9.17) is 21.1 Å². The van der Waals surface area contributed by atoms with Crippen molar-refractivity contribution in [3.05, 3.63) is 53.1 Å². The molecule has 0 atom stereocenters. The van der Waals surface area contributed by atoms with Crippen molar-refractivity contribution >= 4 is 23.3 Å². The number of hydrogen-bond acceptors (Lipinski definition) is 5. The summed E-state index contributed by atoms with van der Waals surface area (Å²) in [4.78, 5) is 28.0. The Morgan fingerprint density at radius 1 is 1.09 bits per heavy atom. The van der Waals surface area contributed by atoms with Crippen molar-refractivity contribution in [1.82, 2.24) is 10.3 Å². The summed E-state index contributed by atoms with van der Waals surface area (Å²) in [5.41, 5.74) is -0.887. The number of halogens is 4. The third-order valence-corrected chi connectivity index (χ3v) is 6.06. The summed E-state index contributed by atoms with van der Waals surface area (Å²) >= 11 is 5.61. The number of rotatable bonds is 10. The number of pyridine rings is 1. The summed E-state index contributed by atoms with van der Waals surface area (Å²) in [6, 6.07) is 6.47. The highest BCUT2D eigenvalue weighted by atomic mass is 35.5. The van der Waals surface area contributed by atoms with Crippen LogP contribution in [0.15, 0.2) is 36.5 Å². The Bertz CT molecular complexity index is 1030. The van der Waals surface area contributed by atoms with E-state index >= 15 is 0 Å². The largest absolute Gasteiger partial charge is 0.486 e. The highest BCUT2D eigenvalue weighted by molar-refractivity contribution is 6.30. The molecule has 3 fully saturated rings. The zero-order chi connectivity index (χ0) is 22.9. The minimum absolute atomic E-state index is 0.0281. The van der Waals surface area contributed by atoms with E-state index in [0.29, 0.717) is 25.7 Å². The minimum Gasteiger partial charge on any atom is -0.486 e. The van der Waals surface area contributed by atoms with Crippen LogP contribution in [0.2, 0.25) is 5.02 Å². The monoisotopic (exact) mass is 468 g/mol. The Balaban J connectivity index is 1.17. The van der Waals surface area contributed by atoms with Crippen molar-refractivity contribution in [2.45, 2.75) is 37.6 Å². The second-order valence-corrected chi connectivity index (χ2v) is 8.85. The summed E-state index contributed by atoms with van der Waals surface area (Å²) in [6.07, 6.45) is 0.840. The van der Waals surface area contributed by atoms with Crippen LogP contribution in [0, 0.1) is 11.2 Å². The van der Waals surface area contributed by atoms with Crippen LogP contribution in [0.25, 0.3) is 0 Å². The standard InChI is InChI=1S/C22H20ClF3N2O4/c23-16-2-1-14(5-17(16)24)32-9-19(30)28-22-10-21(11-22,12-22)7-13(29)8-31-15-3-4-27-18(6-15)20(25)26/h1-6,20H,7-12H2,(H,28,30). The molecule has 3 aliphatic rings. The Kier molecular flexibility index (Phi) is 6.03. The molecule has 3 aliphatic carbocycles. The number of hydrogen-bond donors (Lipinski definition) is 1. The second-order valence-electron chi connectivity index (χ2n) is 8.44. The van der Waals surface area contributed by atoms with Crippen LogP contribution >= 0.6 is 11.6 Å². The van der Waals surface area contributed by atoms with Gasteiger partial charge < -0.3 is 14.8 Å². The van der Waals surface area contributed by atoms with Crippen molar-refractivity contribution in [2.24, 2.45) is 5.41 Å². The molecular formula is C22H20ClF3N2O4. The molecule has 2 aromatic rings. The molecule has 1 aromatic carbocycles. The van der Waals surface area contributed by atoms with Gasteiger partial charge in [0.1, 0.15) is 29.6 Å². The van der Waals surface area contributed by atoms with Crippen LogP contribution in [-0.2, 0) is 9.59 Å². The number of nitrogens with one attached hydrogen (secondary N) is 1. The number of Topliss-reactive ketones (excluding diaryl/α,β-unsaturated/α-hetero) is 1. The average molecular weight is 469 g/mol. The fourth-order valence-corrected chi connectivity index (χ4v) is 4.75. The van der Waals surface area contributed by atoms with E-state index in [0.717, 1.165) is 12.1 Å². The topological polar surface area (TPSA) is 77.5 Å². The first-order valence-electron chi connectivity index (χ1n) is 9.95. The lowest BCUT2D eigenvalue weighted by Gasteiger charge is -2.70. The molecule has 5 rings (SSSR count). The van der Waals surface area contributed by atoms with Gasteiger partial charge in [0.2, 0.25) is 0 Å². The number of ether oxygens (including phenoxy) is 2. The zero-order valence-corrected chi connectivity index (χ0v) is 17.6. The van der Waals surface area contributed by atoms with E-state index in [1.54, 1.807) is 0 Å². The van der Waals surface area contributed by atoms with Gasteiger partial charge in [-0.3, -0.25) is 14.6 Å². The van der Waals surface area contributed by atoms with Crippen LogP contribution < -0.4 is 14.8 Å². The molecule has 0 aliphatic heterocycles. The Hall–Kier alpha value is -2.81. The average Bonchev–Trinajstić information content (AvgIpc) is 2.71. The fraction of sp³-hybridized carbons (Fsp3) is 0.409. The first-order valence-corrected chi connectivity index (χ1v) is 10.3. The maximum atomic E-state index is 13.4. The fourth-order valence-electron chi connectivity index (χ4n) is 4.64. The number of alkyl halides is 2. The van der Waals surface area contributed by atoms with Crippen LogP contribution in [0.5, 0.6) is 11.5 Å². The van der Waals surface area contributed by atoms with Gasteiger partial charge in [-0.15, -0.1) is 0 Å². The molecule has 170 valence electrons. The minimum atomic E-state index is -2.71. The third-order valence-electron chi connectivity index (χ3n) is 5.75. The number of carbonyl (C=O) groups is 2. The molecule has 0 radical (unpaired) electrons. The van der Waals surface area contributed by atoms with Gasteiger partial charge in [-0.1, -0.05) is 11.6 Å². The Morgan fingerprint density at radius 3 is 2.47 bits per heavy atom. The molecule has 1 aromatic heterocycles. The van der Waals surface area contributed by atoms with Gasteiger partial charge >= 0.3 is 0 Å². The maximum absolute atomic E-state index is 13.4. The Morgan fingerprint density at radius 2 is 1.78 bits per heavy atom. The van der Waals surface area contributed by atoms with Crippen molar-refractivity contribution in [1.29, 1.82) is 0 Å². The number of nitrogens with zero attached hydrogens (tertiary/aromatic N) is 1. The van der Waals surface area contributed by atoms with Crippen LogP contribution in [0.4, 0.5) is 13.2 Å². The number of ketones is 1. The van der Waals surface area contributed by atoms with Crippen molar-refractivity contribution in [3.8, 4) is 11.5 Å². The van der Waals surface area contributed by atoms with Gasteiger partial charge in [0, 0.05) is 30.3 Å². The predicted molar refractivity (Wildman–Crippen MR) is 108 cm³/mol. The van der Waals surface area contributed by atoms with Crippen molar-refractivity contribution in [2.75, 3.05) is 13.2 Å². The van der Waals surface area contributed by atoms with Gasteiger partial charge in [-0.05, 0) is 42.9 Å². The highest BCUT2D eigenvalue weighted by Gasteiger charge is 2.68. The second kappa shape index (κ2) is 8.61. The van der Waals surface area contributed by atoms with Crippen LogP contribution in [0.3, 0.4) is 0 Å². The smallest absolute Gasteiger partial charge is 0.280 e. The van der Waals surface area contributed by atoms with E-state index < -0.39 is 17.9 Å². The lowest BCUT2D eigenvalue weighted by atomic mass is 9.38. The SMILES string of the molecule is O=C(COc1ccnc(C(F)F)c1)CC12CC(NC(=O)COc3ccc(Cl)c(F)c3)(C1)C2. The molecule has 2 bridgehead atoms. The normalized spacial score (nSPS) is 23.2. The van der Waals surface area contributed by atoms with E-state index in [1.807, 2.05) is 0 Å². The molecule has 0 unspecified atom stereocenters. The summed E-state index contributed by atoms with van der Waals surface area (Å²) < 4.78 is 49.4. The molecule has 10 heteroatoms. The van der Waals surface area contributed by atoms with Crippen LogP contribution in [0.1, 0.15) is 37.8 Å². The van der Waals surface area contributed by atoms with Gasteiger partial charge in [0.15, 0.2) is 12.4 Å². The van der Waals surface area contributed by atoms with Crippen LogP contribution in [-0.4, -0.2) is 35.4 Å². The molecule has 1 amide bonds. The van der Waals surface area contributed by atoms with E-state index in [2.05, 4.69) is 10.3 Å². The van der Waals surface area contributed by atoms with Gasteiger partial charge in [0.05, 0.1) is 5.02 Å². The first kappa shape index (κ1) is 22.4. The molecular weight excluding hydrogens is 449 g/mol. The molecule has 0 saturated heterocycles. The van der Waals surface area contributed by atoms with E-state index in [9.17, 15) is 22.8 Å². The molecule has 0 spiro atoms. The van der Waals surface area contributed by atoms with Gasteiger partial charge in [-0.25, -0.2) is 13.2 Å². The number of aromatic nitrogens is 1. The predicted octanol–water partition coefficient (Wildman–Crippen LogP) is 4.27. The molecule has 6 nitrogen and oxygen atoms in total. The third kappa shape index (κ3) is 4.82. The number of amides is 1. The molecule has 3 saturated carbocycles. The zero-order valence-electron chi connectivity index (χ0n) is 16.9. The van der Waals surface area contributed by atoms with Gasteiger partial charge in [-0.2, -0.15) is 0 Å².